The Morgan fingerprint density at radius 1 is 1.09 bits per heavy atom. The van der Waals surface area contributed by atoms with Gasteiger partial charge < -0.3 is 10.2 Å². The Bertz CT molecular complexity index is 1040. The topological polar surface area (TPSA) is 86.8 Å². The second-order valence-corrected chi connectivity index (χ2v) is 10.5. The van der Waals surface area contributed by atoms with E-state index in [4.69, 9.17) is 0 Å². The van der Waals surface area contributed by atoms with Crippen molar-refractivity contribution in [3.63, 3.8) is 0 Å². The van der Waals surface area contributed by atoms with Crippen molar-refractivity contribution in [1.82, 2.24) is 10.2 Å². The Hall–Kier alpha value is -2.39. The van der Waals surface area contributed by atoms with Crippen LogP contribution in [0.2, 0.25) is 0 Å². The second-order valence-electron chi connectivity index (χ2n) is 7.67. The number of rotatable bonds is 10. The lowest BCUT2D eigenvalue weighted by atomic mass is 10.1. The molecule has 1 atom stereocenters. The lowest BCUT2D eigenvalue weighted by Gasteiger charge is -2.32. The van der Waals surface area contributed by atoms with Crippen molar-refractivity contribution in [2.24, 2.45) is 0 Å². The normalized spacial score (nSPS) is 12.2. The SMILES string of the molecule is CCCNC(=O)C(C)N(Cc1ccc(Br)cc1)C(=O)CN(c1ccccc1C)S(C)(=O)=O. The average Bonchev–Trinajstić information content (AvgIpc) is 2.74. The molecule has 2 aromatic carbocycles. The lowest BCUT2D eigenvalue weighted by molar-refractivity contribution is -0.139. The third kappa shape index (κ3) is 7.06. The number of para-hydroxylation sites is 1. The predicted molar refractivity (Wildman–Crippen MR) is 131 cm³/mol. The van der Waals surface area contributed by atoms with E-state index in [0.29, 0.717) is 12.2 Å². The van der Waals surface area contributed by atoms with Gasteiger partial charge in [-0.1, -0.05) is 53.2 Å². The molecule has 2 rings (SSSR count). The second kappa shape index (κ2) is 11.5. The largest absolute Gasteiger partial charge is 0.354 e. The van der Waals surface area contributed by atoms with Gasteiger partial charge in [0.1, 0.15) is 12.6 Å². The van der Waals surface area contributed by atoms with Crippen LogP contribution in [0.25, 0.3) is 0 Å². The number of amides is 2. The van der Waals surface area contributed by atoms with Crippen molar-refractivity contribution in [2.45, 2.75) is 39.8 Å². The molecule has 0 aromatic heterocycles. The Morgan fingerprint density at radius 2 is 1.72 bits per heavy atom. The fourth-order valence-corrected chi connectivity index (χ4v) is 4.37. The summed E-state index contributed by atoms with van der Waals surface area (Å²) in [5, 5.41) is 2.81. The molecule has 0 aliphatic rings. The van der Waals surface area contributed by atoms with Gasteiger partial charge >= 0.3 is 0 Å². The summed E-state index contributed by atoms with van der Waals surface area (Å²) >= 11 is 3.39. The van der Waals surface area contributed by atoms with Crippen LogP contribution in [0, 0.1) is 6.92 Å². The number of halogens is 1. The minimum atomic E-state index is -3.73. The highest BCUT2D eigenvalue weighted by Crippen LogP contribution is 2.23. The molecule has 0 saturated carbocycles. The molecular formula is C23H30BrN3O4S. The molecule has 174 valence electrons. The molecule has 2 aromatic rings. The third-order valence-electron chi connectivity index (χ3n) is 5.05. The van der Waals surface area contributed by atoms with Gasteiger partial charge in [0.25, 0.3) is 0 Å². The van der Waals surface area contributed by atoms with Crippen molar-refractivity contribution in [2.75, 3.05) is 23.7 Å². The number of aryl methyl sites for hydroxylation is 1. The van der Waals surface area contributed by atoms with Crippen LogP contribution in [0.5, 0.6) is 0 Å². The Balaban J connectivity index is 2.37. The quantitative estimate of drug-likeness (QED) is 0.516. The molecule has 7 nitrogen and oxygen atoms in total. The number of benzene rings is 2. The molecule has 0 spiro atoms. The van der Waals surface area contributed by atoms with Crippen molar-refractivity contribution < 1.29 is 18.0 Å². The van der Waals surface area contributed by atoms with Crippen LogP contribution in [0.4, 0.5) is 5.69 Å². The summed E-state index contributed by atoms with van der Waals surface area (Å²) in [6.07, 6.45) is 1.84. The zero-order valence-corrected chi connectivity index (χ0v) is 21.2. The zero-order chi connectivity index (χ0) is 23.9. The number of nitrogens with one attached hydrogen (secondary N) is 1. The van der Waals surface area contributed by atoms with Crippen LogP contribution in [-0.2, 0) is 26.2 Å². The van der Waals surface area contributed by atoms with E-state index in [2.05, 4.69) is 21.2 Å². The van der Waals surface area contributed by atoms with Gasteiger partial charge in [-0.25, -0.2) is 8.42 Å². The van der Waals surface area contributed by atoms with E-state index in [9.17, 15) is 18.0 Å². The molecule has 0 aliphatic heterocycles. The summed E-state index contributed by atoms with van der Waals surface area (Å²) in [4.78, 5) is 27.5. The highest BCUT2D eigenvalue weighted by molar-refractivity contribution is 9.10. The molecule has 1 N–H and O–H groups in total. The third-order valence-corrected chi connectivity index (χ3v) is 6.70. The molecule has 9 heteroatoms. The number of nitrogens with zero attached hydrogens (tertiary/aromatic N) is 2. The molecule has 0 radical (unpaired) electrons. The minimum absolute atomic E-state index is 0.179. The number of hydrogen-bond donors (Lipinski definition) is 1. The summed E-state index contributed by atoms with van der Waals surface area (Å²) in [7, 11) is -3.73. The van der Waals surface area contributed by atoms with Crippen molar-refractivity contribution >= 4 is 43.5 Å². The van der Waals surface area contributed by atoms with Gasteiger partial charge in [0.05, 0.1) is 11.9 Å². The maximum Gasteiger partial charge on any atom is 0.244 e. The molecule has 1 unspecified atom stereocenters. The highest BCUT2D eigenvalue weighted by Gasteiger charge is 2.30. The van der Waals surface area contributed by atoms with Gasteiger partial charge in [-0.2, -0.15) is 0 Å². The Kier molecular flexibility index (Phi) is 9.27. The van der Waals surface area contributed by atoms with Crippen molar-refractivity contribution in [3.05, 3.63) is 64.1 Å². The van der Waals surface area contributed by atoms with E-state index < -0.39 is 28.5 Å². The molecule has 2 amide bonds. The average molecular weight is 524 g/mol. The van der Waals surface area contributed by atoms with Crippen LogP contribution >= 0.6 is 15.9 Å². The fraction of sp³-hybridized carbons (Fsp3) is 0.391. The first-order chi connectivity index (χ1) is 15.0. The maximum atomic E-state index is 13.4. The van der Waals surface area contributed by atoms with E-state index in [-0.39, 0.29) is 12.5 Å². The molecule has 0 saturated heterocycles. The molecule has 0 bridgehead atoms. The van der Waals surface area contributed by atoms with E-state index in [1.165, 1.54) is 4.90 Å². The molecule has 0 aliphatic carbocycles. The van der Waals surface area contributed by atoms with E-state index in [1.54, 1.807) is 38.1 Å². The lowest BCUT2D eigenvalue weighted by Crippen LogP contribution is -2.51. The molecule has 0 heterocycles. The van der Waals surface area contributed by atoms with E-state index in [0.717, 1.165) is 32.6 Å². The van der Waals surface area contributed by atoms with Crippen molar-refractivity contribution in [3.8, 4) is 0 Å². The van der Waals surface area contributed by atoms with E-state index in [1.807, 2.05) is 31.2 Å². The number of anilines is 1. The van der Waals surface area contributed by atoms with Crippen LogP contribution in [0.15, 0.2) is 53.0 Å². The van der Waals surface area contributed by atoms with Gasteiger partial charge in [0.15, 0.2) is 0 Å². The van der Waals surface area contributed by atoms with Crippen LogP contribution in [-0.4, -0.2) is 50.5 Å². The molecule has 32 heavy (non-hydrogen) atoms. The Labute approximate surface area is 199 Å². The van der Waals surface area contributed by atoms with Gasteiger partial charge in [-0.05, 0) is 49.6 Å². The van der Waals surface area contributed by atoms with Crippen molar-refractivity contribution in [1.29, 1.82) is 0 Å². The summed E-state index contributed by atoms with van der Waals surface area (Å²) in [5.41, 5.74) is 2.01. The van der Waals surface area contributed by atoms with Crippen LogP contribution in [0.3, 0.4) is 0 Å². The summed E-state index contributed by atoms with van der Waals surface area (Å²) in [5.74, 6) is -0.736. The molecular weight excluding hydrogens is 494 g/mol. The van der Waals surface area contributed by atoms with Gasteiger partial charge in [0, 0.05) is 17.6 Å². The smallest absolute Gasteiger partial charge is 0.244 e. The van der Waals surface area contributed by atoms with E-state index >= 15 is 0 Å². The van der Waals surface area contributed by atoms with Gasteiger partial charge in [0.2, 0.25) is 21.8 Å². The first-order valence-corrected chi connectivity index (χ1v) is 13.0. The zero-order valence-electron chi connectivity index (χ0n) is 18.8. The monoisotopic (exact) mass is 523 g/mol. The first kappa shape index (κ1) is 25.9. The molecule has 0 fully saturated rings. The standard InChI is InChI=1S/C23H30BrN3O4S/c1-5-14-25-23(29)18(3)26(15-19-10-12-20(24)13-11-19)22(28)16-27(32(4,30)31)21-9-7-6-8-17(21)2/h6-13,18H,5,14-16H2,1-4H3,(H,25,29). The van der Waals surface area contributed by atoms with Gasteiger partial charge in [-0.3, -0.25) is 13.9 Å². The maximum absolute atomic E-state index is 13.4. The fourth-order valence-electron chi connectivity index (χ4n) is 3.20. The summed E-state index contributed by atoms with van der Waals surface area (Å²) < 4.78 is 27.1. The summed E-state index contributed by atoms with van der Waals surface area (Å²) in [6.45, 7) is 5.67. The highest BCUT2D eigenvalue weighted by atomic mass is 79.9. The number of carbonyl (C=O) groups is 2. The Morgan fingerprint density at radius 3 is 2.28 bits per heavy atom. The van der Waals surface area contributed by atoms with Gasteiger partial charge in [-0.15, -0.1) is 0 Å². The number of carbonyl (C=O) groups excluding carboxylic acids is 2. The summed E-state index contributed by atoms with van der Waals surface area (Å²) in [6, 6.07) is 13.7. The minimum Gasteiger partial charge on any atom is -0.354 e. The number of hydrogen-bond acceptors (Lipinski definition) is 4. The van der Waals surface area contributed by atoms with Crippen LogP contribution < -0.4 is 9.62 Å². The first-order valence-electron chi connectivity index (χ1n) is 10.4. The predicted octanol–water partition coefficient (Wildman–Crippen LogP) is 3.47. The van der Waals surface area contributed by atoms with Crippen LogP contribution in [0.1, 0.15) is 31.4 Å². The number of sulfonamides is 1.